The molecular formula is C15H16N4O4. The van der Waals surface area contributed by atoms with Gasteiger partial charge in [-0.3, -0.25) is 9.59 Å². The van der Waals surface area contributed by atoms with Crippen LogP contribution in [0.3, 0.4) is 0 Å². The number of carbonyl (C=O) groups is 2. The fraction of sp³-hybridized carbons (Fsp3) is 0.333. The van der Waals surface area contributed by atoms with E-state index in [-0.39, 0.29) is 24.9 Å². The summed E-state index contributed by atoms with van der Waals surface area (Å²) in [6.45, 7) is 0.291. The first kappa shape index (κ1) is 15.0. The van der Waals surface area contributed by atoms with Crippen LogP contribution < -0.4 is 10.1 Å². The molecule has 0 aliphatic carbocycles. The molecule has 0 saturated heterocycles. The number of nitrogens with one attached hydrogen (secondary N) is 1. The molecule has 2 N–H and O–H groups in total. The van der Waals surface area contributed by atoms with Gasteiger partial charge in [0.25, 0.3) is 0 Å². The highest BCUT2D eigenvalue weighted by molar-refractivity contribution is 5.79. The van der Waals surface area contributed by atoms with E-state index in [0.29, 0.717) is 18.7 Å². The number of carboxylic acids is 1. The van der Waals surface area contributed by atoms with Crippen LogP contribution in [0.2, 0.25) is 0 Å². The van der Waals surface area contributed by atoms with E-state index < -0.39 is 5.97 Å². The van der Waals surface area contributed by atoms with Crippen LogP contribution in [-0.4, -0.2) is 38.6 Å². The molecule has 1 aromatic carbocycles. The van der Waals surface area contributed by atoms with Crippen LogP contribution in [0.5, 0.6) is 5.75 Å². The Labute approximate surface area is 132 Å². The molecule has 0 saturated carbocycles. The van der Waals surface area contributed by atoms with Crippen LogP contribution in [0.15, 0.2) is 30.5 Å². The van der Waals surface area contributed by atoms with Crippen LogP contribution in [0.1, 0.15) is 11.3 Å². The molecule has 1 atom stereocenters. The highest BCUT2D eigenvalue weighted by Crippen LogP contribution is 2.26. The van der Waals surface area contributed by atoms with Gasteiger partial charge < -0.3 is 15.2 Å². The average molecular weight is 316 g/mol. The van der Waals surface area contributed by atoms with E-state index in [9.17, 15) is 9.59 Å². The number of aliphatic carboxylic acids is 1. The number of hydrogen-bond donors (Lipinski definition) is 2. The van der Waals surface area contributed by atoms with Gasteiger partial charge in [-0.25, -0.2) is 4.68 Å². The Morgan fingerprint density at radius 3 is 3.04 bits per heavy atom. The summed E-state index contributed by atoms with van der Waals surface area (Å²) in [5, 5.41) is 19.0. The van der Waals surface area contributed by atoms with Crippen molar-refractivity contribution in [3.63, 3.8) is 0 Å². The maximum atomic E-state index is 12.2. The van der Waals surface area contributed by atoms with Crippen LogP contribution in [-0.2, 0) is 29.1 Å². The summed E-state index contributed by atoms with van der Waals surface area (Å²) in [5.74, 6) is -0.539. The SMILES string of the molecule is O=C(O)Cn1cc(CNC(=O)C2COc3ccccc3C2)nn1. The normalized spacial score (nSPS) is 16.3. The highest BCUT2D eigenvalue weighted by Gasteiger charge is 2.25. The first-order chi connectivity index (χ1) is 11.1. The number of fused-ring (bicyclic) bond motifs is 1. The second-order valence-electron chi connectivity index (χ2n) is 5.34. The van der Waals surface area contributed by atoms with E-state index >= 15 is 0 Å². The van der Waals surface area contributed by atoms with Crippen LogP contribution in [0.4, 0.5) is 0 Å². The molecule has 1 aliphatic rings. The van der Waals surface area contributed by atoms with Crippen molar-refractivity contribution in [1.82, 2.24) is 20.3 Å². The molecule has 0 bridgehead atoms. The largest absolute Gasteiger partial charge is 0.492 e. The molecule has 0 fully saturated rings. The number of amides is 1. The Bertz CT molecular complexity index is 728. The first-order valence-electron chi connectivity index (χ1n) is 7.21. The molecular weight excluding hydrogens is 300 g/mol. The lowest BCUT2D eigenvalue weighted by Crippen LogP contribution is -2.37. The zero-order valence-electron chi connectivity index (χ0n) is 12.3. The van der Waals surface area contributed by atoms with Crippen molar-refractivity contribution in [3.8, 4) is 5.75 Å². The van der Waals surface area contributed by atoms with Crippen LogP contribution in [0, 0.1) is 5.92 Å². The number of carbonyl (C=O) groups excluding carboxylic acids is 1. The minimum Gasteiger partial charge on any atom is -0.492 e. The monoisotopic (exact) mass is 316 g/mol. The number of rotatable bonds is 5. The Morgan fingerprint density at radius 2 is 2.22 bits per heavy atom. The fourth-order valence-electron chi connectivity index (χ4n) is 2.45. The van der Waals surface area contributed by atoms with E-state index in [1.165, 1.54) is 10.9 Å². The van der Waals surface area contributed by atoms with Gasteiger partial charge in [0, 0.05) is 0 Å². The minimum atomic E-state index is -0.997. The van der Waals surface area contributed by atoms with Gasteiger partial charge in [-0.05, 0) is 18.1 Å². The number of hydrogen-bond acceptors (Lipinski definition) is 5. The van der Waals surface area contributed by atoms with E-state index in [1.54, 1.807) is 0 Å². The van der Waals surface area contributed by atoms with Crippen molar-refractivity contribution in [2.45, 2.75) is 19.5 Å². The minimum absolute atomic E-state index is 0.118. The third-order valence-corrected chi connectivity index (χ3v) is 3.58. The number of aromatic nitrogens is 3. The average Bonchev–Trinajstić information content (AvgIpc) is 2.98. The molecule has 1 aliphatic heterocycles. The summed E-state index contributed by atoms with van der Waals surface area (Å²) in [4.78, 5) is 22.8. The van der Waals surface area contributed by atoms with Gasteiger partial charge >= 0.3 is 5.97 Å². The van der Waals surface area contributed by atoms with Crippen LogP contribution >= 0.6 is 0 Å². The quantitative estimate of drug-likeness (QED) is 0.818. The lowest BCUT2D eigenvalue weighted by atomic mass is 9.96. The van der Waals surface area contributed by atoms with E-state index in [2.05, 4.69) is 15.6 Å². The van der Waals surface area contributed by atoms with Gasteiger partial charge in [0.1, 0.15) is 24.6 Å². The number of nitrogens with zero attached hydrogens (tertiary/aromatic N) is 3. The summed E-state index contributed by atoms with van der Waals surface area (Å²) in [5.41, 5.74) is 1.53. The molecule has 23 heavy (non-hydrogen) atoms. The maximum Gasteiger partial charge on any atom is 0.325 e. The second-order valence-corrected chi connectivity index (χ2v) is 5.34. The van der Waals surface area contributed by atoms with Gasteiger partial charge in [0.15, 0.2) is 0 Å². The topological polar surface area (TPSA) is 106 Å². The van der Waals surface area contributed by atoms with Crippen molar-refractivity contribution < 1.29 is 19.4 Å². The zero-order valence-corrected chi connectivity index (χ0v) is 12.3. The van der Waals surface area contributed by atoms with Crippen molar-refractivity contribution >= 4 is 11.9 Å². The number of para-hydroxylation sites is 1. The van der Waals surface area contributed by atoms with Gasteiger partial charge in [0.05, 0.1) is 18.7 Å². The Morgan fingerprint density at radius 1 is 1.39 bits per heavy atom. The third-order valence-electron chi connectivity index (χ3n) is 3.58. The summed E-state index contributed by atoms with van der Waals surface area (Å²) < 4.78 is 6.81. The second kappa shape index (κ2) is 6.47. The Kier molecular flexibility index (Phi) is 4.22. The smallest absolute Gasteiger partial charge is 0.325 e. The molecule has 1 unspecified atom stereocenters. The van der Waals surface area contributed by atoms with Crippen molar-refractivity contribution in [2.75, 3.05) is 6.61 Å². The highest BCUT2D eigenvalue weighted by atomic mass is 16.5. The molecule has 120 valence electrons. The van der Waals surface area contributed by atoms with Crippen molar-refractivity contribution in [1.29, 1.82) is 0 Å². The Hall–Kier alpha value is -2.90. The van der Waals surface area contributed by atoms with Gasteiger partial charge in [-0.2, -0.15) is 0 Å². The molecule has 1 aromatic heterocycles. The molecule has 1 amide bonds. The van der Waals surface area contributed by atoms with Crippen molar-refractivity contribution in [3.05, 3.63) is 41.7 Å². The van der Waals surface area contributed by atoms with Gasteiger partial charge in [-0.15, -0.1) is 5.10 Å². The van der Waals surface area contributed by atoms with Crippen molar-refractivity contribution in [2.24, 2.45) is 5.92 Å². The predicted octanol–water partition coefficient (Wildman–Crippen LogP) is 0.230. The summed E-state index contributed by atoms with van der Waals surface area (Å²) >= 11 is 0. The lowest BCUT2D eigenvalue weighted by Gasteiger charge is -2.24. The molecule has 8 heteroatoms. The number of ether oxygens (including phenoxy) is 1. The van der Waals surface area contributed by atoms with Gasteiger partial charge in [-0.1, -0.05) is 23.4 Å². The summed E-state index contributed by atoms with van der Waals surface area (Å²) in [6, 6.07) is 7.67. The number of benzene rings is 1. The van der Waals surface area contributed by atoms with E-state index in [4.69, 9.17) is 9.84 Å². The van der Waals surface area contributed by atoms with E-state index in [1.807, 2.05) is 24.3 Å². The summed E-state index contributed by atoms with van der Waals surface area (Å²) in [7, 11) is 0. The first-order valence-corrected chi connectivity index (χ1v) is 7.21. The maximum absolute atomic E-state index is 12.2. The van der Waals surface area contributed by atoms with Crippen LogP contribution in [0.25, 0.3) is 0 Å². The third kappa shape index (κ3) is 3.65. The predicted molar refractivity (Wildman–Crippen MR) is 78.6 cm³/mol. The molecule has 3 rings (SSSR count). The lowest BCUT2D eigenvalue weighted by molar-refractivity contribution is -0.138. The fourth-order valence-corrected chi connectivity index (χ4v) is 2.45. The van der Waals surface area contributed by atoms with Gasteiger partial charge in [0.2, 0.25) is 5.91 Å². The standard InChI is InChI=1S/C15H16N4O4/c20-14(21)8-19-7-12(17-18-19)6-16-15(22)11-5-10-3-1-2-4-13(10)23-9-11/h1-4,7,11H,5-6,8-9H2,(H,16,22)(H,20,21). The summed E-state index contributed by atoms with van der Waals surface area (Å²) in [6.07, 6.45) is 2.13. The van der Waals surface area contributed by atoms with E-state index in [0.717, 1.165) is 11.3 Å². The molecule has 0 spiro atoms. The molecule has 2 aromatic rings. The molecule has 8 nitrogen and oxygen atoms in total. The molecule has 2 heterocycles. The Balaban J connectivity index is 1.54. The molecule has 0 radical (unpaired) electrons. The number of carboxylic acid groups (broad SMARTS) is 1. The zero-order chi connectivity index (χ0) is 16.2.